The number of carbonyl (C=O) groups is 2. The third kappa shape index (κ3) is 3.38. The Balaban J connectivity index is 1.69. The molecule has 146 valence electrons. The number of hydrogen-bond donors (Lipinski definition) is 4. The third-order valence-corrected chi connectivity index (χ3v) is 6.88. The molecule has 0 saturated carbocycles. The lowest BCUT2D eigenvalue weighted by atomic mass is 9.79. The van der Waals surface area contributed by atoms with E-state index < -0.39 is 18.0 Å². The summed E-state index contributed by atoms with van der Waals surface area (Å²) in [5, 5.41) is 23.2. The van der Waals surface area contributed by atoms with Crippen molar-refractivity contribution in [2.45, 2.75) is 43.7 Å². The number of aliphatic hydroxyl groups is 1. The van der Waals surface area contributed by atoms with Crippen LogP contribution < -0.4 is 11.1 Å². The number of rotatable bonds is 8. The molecule has 3 rings (SSSR count). The number of nitrogens with two attached hydrogens (primary N) is 1. The molecule has 0 spiro atoms. The molecule has 3 aliphatic heterocycles. The predicted molar refractivity (Wildman–Crippen MR) is 97.3 cm³/mol. The Morgan fingerprint density at radius 3 is 2.88 bits per heavy atom. The molecule has 0 unspecified atom stereocenters. The molecule has 3 heterocycles. The van der Waals surface area contributed by atoms with Crippen molar-refractivity contribution in [2.75, 3.05) is 26.3 Å². The van der Waals surface area contributed by atoms with Gasteiger partial charge in [0.1, 0.15) is 5.70 Å². The van der Waals surface area contributed by atoms with Crippen molar-refractivity contribution in [2.24, 2.45) is 17.6 Å². The van der Waals surface area contributed by atoms with Crippen LogP contribution in [0, 0.1) is 11.8 Å². The van der Waals surface area contributed by atoms with Crippen molar-refractivity contribution in [3.05, 3.63) is 10.6 Å². The molecule has 0 radical (unpaired) electrons. The van der Waals surface area contributed by atoms with E-state index in [-0.39, 0.29) is 34.9 Å². The van der Waals surface area contributed by atoms with Gasteiger partial charge in [0.15, 0.2) is 0 Å². The first-order valence-corrected chi connectivity index (χ1v) is 9.91. The second kappa shape index (κ2) is 7.85. The summed E-state index contributed by atoms with van der Waals surface area (Å²) in [6, 6.07) is -0.0253. The zero-order valence-electron chi connectivity index (χ0n) is 15.1. The number of β-lactam (4-membered cyclic amide) rings is 1. The molecule has 0 bridgehead atoms. The Bertz CT molecular complexity index is 611. The zero-order chi connectivity index (χ0) is 19.0. The zero-order valence-corrected chi connectivity index (χ0v) is 15.9. The average Bonchev–Trinajstić information content (AvgIpc) is 3.10. The number of amides is 1. The Kier molecular flexibility index (Phi) is 5.93. The normalized spacial score (nSPS) is 34.8. The van der Waals surface area contributed by atoms with Gasteiger partial charge < -0.3 is 30.9 Å². The molecular weight excluding hydrogens is 358 g/mol. The largest absolute Gasteiger partial charge is 0.477 e. The van der Waals surface area contributed by atoms with E-state index in [2.05, 4.69) is 5.32 Å². The van der Waals surface area contributed by atoms with Crippen molar-refractivity contribution >= 4 is 23.6 Å². The van der Waals surface area contributed by atoms with Gasteiger partial charge >= 0.3 is 5.97 Å². The van der Waals surface area contributed by atoms with Gasteiger partial charge in [-0.15, -0.1) is 11.8 Å². The number of fused-ring (bicyclic) bond motifs is 1. The standard InChI is InChI=1S/C17H27N3O5S/c1-8-13-12(9(2)21)16(22)20(13)14(17(23)24)15(8)26-11-5-10(19-6-11)7-25-4-3-18/h8-13,19,21H,3-7,18H2,1-2H3,(H,23,24)/t8-,9-,10+,11+,12-,13-/m1/s1. The molecule has 0 aliphatic carbocycles. The fourth-order valence-electron chi connectivity index (χ4n) is 4.17. The highest BCUT2D eigenvalue weighted by Crippen LogP contribution is 2.51. The van der Waals surface area contributed by atoms with E-state index in [9.17, 15) is 19.8 Å². The summed E-state index contributed by atoms with van der Waals surface area (Å²) in [6.45, 7) is 5.91. The number of aliphatic carboxylic acids is 1. The molecule has 1 amide bonds. The van der Waals surface area contributed by atoms with Crippen LogP contribution in [-0.4, -0.2) is 76.7 Å². The minimum atomic E-state index is -1.08. The van der Waals surface area contributed by atoms with E-state index in [1.807, 2.05) is 6.92 Å². The van der Waals surface area contributed by atoms with Crippen LogP contribution in [0.5, 0.6) is 0 Å². The molecule has 2 fully saturated rings. The van der Waals surface area contributed by atoms with Crippen molar-refractivity contribution in [3.63, 3.8) is 0 Å². The number of nitrogens with one attached hydrogen (secondary N) is 1. The van der Waals surface area contributed by atoms with Crippen LogP contribution in [0.4, 0.5) is 0 Å². The van der Waals surface area contributed by atoms with Crippen LogP contribution in [0.25, 0.3) is 0 Å². The van der Waals surface area contributed by atoms with Gasteiger partial charge in [0.2, 0.25) is 5.91 Å². The second-order valence-electron chi connectivity index (χ2n) is 7.22. The highest BCUT2D eigenvalue weighted by Gasteiger charge is 2.60. The number of carboxylic acids is 1. The maximum Gasteiger partial charge on any atom is 0.353 e. The summed E-state index contributed by atoms with van der Waals surface area (Å²) < 4.78 is 5.48. The lowest BCUT2D eigenvalue weighted by Crippen LogP contribution is -2.63. The van der Waals surface area contributed by atoms with Crippen LogP contribution in [0.3, 0.4) is 0 Å². The SMILES string of the molecule is C[C@@H](O)[C@H]1C(=O)N2C(C(=O)O)=C(S[C@@H]3CN[C@H](COCCN)C3)[C@H](C)[C@H]12. The number of nitrogens with zero attached hydrogens (tertiary/aromatic N) is 1. The number of carboxylic acid groups (broad SMARTS) is 1. The number of aliphatic hydroxyl groups excluding tert-OH is 1. The molecule has 26 heavy (non-hydrogen) atoms. The molecule has 6 atom stereocenters. The molecule has 9 heteroatoms. The van der Waals surface area contributed by atoms with Crippen LogP contribution in [0.2, 0.25) is 0 Å². The quantitative estimate of drug-likeness (QED) is 0.328. The first kappa shape index (κ1) is 19.6. The summed E-state index contributed by atoms with van der Waals surface area (Å²) in [6.07, 6.45) is 0.0967. The topological polar surface area (TPSA) is 125 Å². The van der Waals surface area contributed by atoms with Gasteiger partial charge in [-0.3, -0.25) is 4.79 Å². The summed E-state index contributed by atoms with van der Waals surface area (Å²) in [5.74, 6) is -1.97. The summed E-state index contributed by atoms with van der Waals surface area (Å²) >= 11 is 1.55. The van der Waals surface area contributed by atoms with Crippen LogP contribution in [0.15, 0.2) is 10.6 Å². The molecule has 5 N–H and O–H groups in total. The van der Waals surface area contributed by atoms with Crippen LogP contribution >= 0.6 is 11.8 Å². The van der Waals surface area contributed by atoms with Crippen LogP contribution in [0.1, 0.15) is 20.3 Å². The molecule has 8 nitrogen and oxygen atoms in total. The Hall–Kier alpha value is -1.13. The van der Waals surface area contributed by atoms with Gasteiger partial charge in [-0.25, -0.2) is 4.79 Å². The minimum Gasteiger partial charge on any atom is -0.477 e. The van der Waals surface area contributed by atoms with E-state index >= 15 is 0 Å². The monoisotopic (exact) mass is 385 g/mol. The van der Waals surface area contributed by atoms with Gasteiger partial charge in [0, 0.05) is 35.2 Å². The van der Waals surface area contributed by atoms with E-state index in [0.717, 1.165) is 17.9 Å². The maximum atomic E-state index is 12.3. The van der Waals surface area contributed by atoms with E-state index in [1.54, 1.807) is 18.7 Å². The first-order chi connectivity index (χ1) is 12.4. The minimum absolute atomic E-state index is 0.0871. The lowest BCUT2D eigenvalue weighted by molar-refractivity contribution is -0.163. The van der Waals surface area contributed by atoms with Gasteiger partial charge in [0.05, 0.1) is 31.3 Å². The number of carbonyl (C=O) groups excluding carboxylic acids is 1. The average molecular weight is 385 g/mol. The summed E-state index contributed by atoms with van der Waals surface area (Å²) in [5.41, 5.74) is 5.52. The number of ether oxygens (including phenoxy) is 1. The maximum absolute atomic E-state index is 12.3. The van der Waals surface area contributed by atoms with Crippen molar-refractivity contribution in [1.82, 2.24) is 10.2 Å². The van der Waals surface area contributed by atoms with Crippen molar-refractivity contribution in [1.29, 1.82) is 0 Å². The second-order valence-corrected chi connectivity index (χ2v) is 8.56. The molecule has 0 aromatic heterocycles. The molecule has 3 aliphatic rings. The first-order valence-electron chi connectivity index (χ1n) is 9.03. The van der Waals surface area contributed by atoms with Crippen LogP contribution in [-0.2, 0) is 14.3 Å². The predicted octanol–water partition coefficient (Wildman–Crippen LogP) is -0.421. The number of hydrogen-bond acceptors (Lipinski definition) is 7. The van der Waals surface area contributed by atoms with Crippen molar-refractivity contribution in [3.8, 4) is 0 Å². The number of thioether (sulfide) groups is 1. The third-order valence-electron chi connectivity index (χ3n) is 5.37. The smallest absolute Gasteiger partial charge is 0.353 e. The Labute approximate surface area is 157 Å². The van der Waals surface area contributed by atoms with Gasteiger partial charge in [-0.1, -0.05) is 6.92 Å². The molecular formula is C17H27N3O5S. The van der Waals surface area contributed by atoms with Gasteiger partial charge in [-0.05, 0) is 13.3 Å². The lowest BCUT2D eigenvalue weighted by Gasteiger charge is -2.46. The fraction of sp³-hybridized carbons (Fsp3) is 0.765. The van der Waals surface area contributed by atoms with E-state index in [1.165, 1.54) is 4.90 Å². The summed E-state index contributed by atoms with van der Waals surface area (Å²) in [4.78, 5) is 26.3. The van der Waals surface area contributed by atoms with E-state index in [4.69, 9.17) is 10.5 Å². The Morgan fingerprint density at radius 1 is 1.54 bits per heavy atom. The highest BCUT2D eigenvalue weighted by atomic mass is 32.2. The van der Waals surface area contributed by atoms with Gasteiger partial charge in [-0.2, -0.15) is 0 Å². The fourth-order valence-corrected chi connectivity index (χ4v) is 5.68. The van der Waals surface area contributed by atoms with Gasteiger partial charge in [0.25, 0.3) is 0 Å². The summed E-state index contributed by atoms with van der Waals surface area (Å²) in [7, 11) is 0. The molecule has 0 aromatic carbocycles. The van der Waals surface area contributed by atoms with E-state index in [0.29, 0.717) is 19.8 Å². The molecule has 2 saturated heterocycles. The Morgan fingerprint density at radius 2 is 2.27 bits per heavy atom. The highest BCUT2D eigenvalue weighted by molar-refractivity contribution is 8.03. The molecule has 0 aromatic rings. The van der Waals surface area contributed by atoms with Crippen molar-refractivity contribution < 1.29 is 24.5 Å².